The molecule has 144 valence electrons. The fourth-order valence-electron chi connectivity index (χ4n) is 3.42. The van der Waals surface area contributed by atoms with Crippen LogP contribution in [0.25, 0.3) is 5.65 Å². The molecule has 0 unspecified atom stereocenters. The molecule has 1 aliphatic heterocycles. The number of benzene rings is 1. The smallest absolute Gasteiger partial charge is 0.323 e. The summed E-state index contributed by atoms with van der Waals surface area (Å²) in [7, 11) is 0. The van der Waals surface area contributed by atoms with Crippen LogP contribution in [0.2, 0.25) is 0 Å². The number of carbonyl (C=O) groups excluding carboxylic acids is 1. The summed E-state index contributed by atoms with van der Waals surface area (Å²) in [5, 5.41) is 24.8. The molecule has 1 amide bonds. The minimum absolute atomic E-state index is 0.155. The van der Waals surface area contributed by atoms with Crippen molar-refractivity contribution in [3.63, 3.8) is 0 Å². The number of piperidine rings is 1. The van der Waals surface area contributed by atoms with Gasteiger partial charge in [-0.15, -0.1) is 14.8 Å². The van der Waals surface area contributed by atoms with Crippen molar-refractivity contribution < 1.29 is 14.7 Å². The fraction of sp³-hybridized carbons (Fsp3) is 0.333. The van der Waals surface area contributed by atoms with Gasteiger partial charge in [-0.2, -0.15) is 0 Å². The van der Waals surface area contributed by atoms with E-state index in [0.717, 1.165) is 5.82 Å². The predicted octanol–water partition coefficient (Wildman–Crippen LogP) is 0.853. The number of aromatic nitrogens is 5. The van der Waals surface area contributed by atoms with Crippen molar-refractivity contribution in [3.8, 4) is 0 Å². The van der Waals surface area contributed by atoms with Crippen LogP contribution >= 0.6 is 0 Å². The SMILES string of the molecule is O=C(O)CN(C(=O)C1CCN(c2ccc3nnnn3n2)CC1)c1ccccc1. The van der Waals surface area contributed by atoms with E-state index in [1.807, 2.05) is 12.1 Å². The normalized spacial score (nSPS) is 14.9. The number of carbonyl (C=O) groups is 2. The average Bonchev–Trinajstić information content (AvgIpc) is 3.20. The monoisotopic (exact) mass is 381 g/mol. The van der Waals surface area contributed by atoms with E-state index < -0.39 is 5.97 Å². The van der Waals surface area contributed by atoms with Crippen LogP contribution in [0.1, 0.15) is 12.8 Å². The van der Waals surface area contributed by atoms with Gasteiger partial charge in [0.25, 0.3) is 0 Å². The van der Waals surface area contributed by atoms with Gasteiger partial charge in [-0.1, -0.05) is 18.2 Å². The van der Waals surface area contributed by atoms with Crippen molar-refractivity contribution >= 4 is 29.0 Å². The fourth-order valence-corrected chi connectivity index (χ4v) is 3.42. The lowest BCUT2D eigenvalue weighted by Crippen LogP contribution is -2.44. The lowest BCUT2D eigenvalue weighted by molar-refractivity contribution is -0.137. The standard InChI is InChI=1S/C18H19N7O3/c26-17(27)12-24(14-4-2-1-3-5-14)18(28)13-8-10-23(11-9-13)16-7-6-15-19-21-22-25(15)20-16/h1-7,13H,8-12H2,(H,26,27). The Morgan fingerprint density at radius 2 is 1.86 bits per heavy atom. The van der Waals surface area contributed by atoms with Crippen LogP contribution in [0.4, 0.5) is 11.5 Å². The first-order valence-corrected chi connectivity index (χ1v) is 9.00. The van der Waals surface area contributed by atoms with E-state index in [0.29, 0.717) is 37.3 Å². The number of amides is 1. The van der Waals surface area contributed by atoms with Gasteiger partial charge in [0.1, 0.15) is 6.54 Å². The van der Waals surface area contributed by atoms with Crippen molar-refractivity contribution in [1.82, 2.24) is 25.3 Å². The number of hydrogen-bond donors (Lipinski definition) is 1. The predicted molar refractivity (Wildman–Crippen MR) is 99.9 cm³/mol. The van der Waals surface area contributed by atoms with Crippen molar-refractivity contribution in [2.45, 2.75) is 12.8 Å². The van der Waals surface area contributed by atoms with Gasteiger partial charge in [0, 0.05) is 24.7 Å². The number of hydrogen-bond acceptors (Lipinski definition) is 7. The Labute approximate surface area is 160 Å². The molecule has 4 rings (SSSR count). The van der Waals surface area contributed by atoms with Gasteiger partial charge >= 0.3 is 5.97 Å². The summed E-state index contributed by atoms with van der Waals surface area (Å²) in [5.74, 6) is -0.672. The quantitative estimate of drug-likeness (QED) is 0.691. The molecule has 0 bridgehead atoms. The molecule has 0 saturated carbocycles. The third-order valence-corrected chi connectivity index (χ3v) is 4.85. The molecule has 1 aromatic carbocycles. The van der Waals surface area contributed by atoms with Gasteiger partial charge in [-0.3, -0.25) is 9.59 Å². The van der Waals surface area contributed by atoms with E-state index in [1.165, 1.54) is 9.53 Å². The number of nitrogens with zero attached hydrogens (tertiary/aromatic N) is 7. The molecular weight excluding hydrogens is 362 g/mol. The molecule has 1 N–H and O–H groups in total. The molecule has 0 spiro atoms. The Balaban J connectivity index is 1.45. The Kier molecular flexibility index (Phi) is 4.83. The summed E-state index contributed by atoms with van der Waals surface area (Å²) < 4.78 is 1.37. The second-order valence-electron chi connectivity index (χ2n) is 6.63. The van der Waals surface area contributed by atoms with Gasteiger partial charge in [0.2, 0.25) is 5.91 Å². The minimum Gasteiger partial charge on any atom is -0.480 e. The highest BCUT2D eigenvalue weighted by atomic mass is 16.4. The van der Waals surface area contributed by atoms with E-state index in [1.54, 1.807) is 30.3 Å². The Bertz CT molecular complexity index is 983. The second kappa shape index (κ2) is 7.59. The zero-order chi connectivity index (χ0) is 19.5. The van der Waals surface area contributed by atoms with Crippen LogP contribution in [0, 0.1) is 5.92 Å². The van der Waals surface area contributed by atoms with Crippen LogP contribution in [0.5, 0.6) is 0 Å². The molecule has 2 aromatic heterocycles. The summed E-state index contributed by atoms with van der Waals surface area (Å²) in [6.07, 6.45) is 1.24. The number of anilines is 2. The van der Waals surface area contributed by atoms with Crippen molar-refractivity contribution in [1.29, 1.82) is 0 Å². The Hall–Kier alpha value is -3.56. The molecule has 28 heavy (non-hydrogen) atoms. The number of carboxylic acid groups (broad SMARTS) is 1. The van der Waals surface area contributed by atoms with Crippen molar-refractivity contribution in [2.24, 2.45) is 5.92 Å². The summed E-state index contributed by atoms with van der Waals surface area (Å²) in [5.41, 5.74) is 1.17. The molecule has 0 atom stereocenters. The number of aliphatic carboxylic acids is 1. The van der Waals surface area contributed by atoms with E-state index in [4.69, 9.17) is 0 Å². The second-order valence-corrected chi connectivity index (χ2v) is 6.63. The van der Waals surface area contributed by atoms with Gasteiger partial charge in [0.05, 0.1) is 0 Å². The third-order valence-electron chi connectivity index (χ3n) is 4.85. The van der Waals surface area contributed by atoms with Crippen LogP contribution in [-0.4, -0.2) is 61.9 Å². The van der Waals surface area contributed by atoms with Gasteiger partial charge in [0.15, 0.2) is 11.5 Å². The Morgan fingerprint density at radius 3 is 2.57 bits per heavy atom. The highest BCUT2D eigenvalue weighted by Crippen LogP contribution is 2.25. The zero-order valence-electron chi connectivity index (χ0n) is 15.0. The molecular formula is C18H19N7O3. The molecule has 10 heteroatoms. The molecule has 0 aliphatic carbocycles. The molecule has 0 radical (unpaired) electrons. The van der Waals surface area contributed by atoms with E-state index in [-0.39, 0.29) is 18.4 Å². The van der Waals surface area contributed by atoms with Crippen molar-refractivity contribution in [3.05, 3.63) is 42.5 Å². The molecule has 3 aromatic rings. The summed E-state index contributed by atoms with van der Waals surface area (Å²) >= 11 is 0. The molecule has 1 aliphatic rings. The molecule has 10 nitrogen and oxygen atoms in total. The number of para-hydroxylation sites is 1. The minimum atomic E-state index is -1.03. The van der Waals surface area contributed by atoms with Gasteiger partial charge in [-0.25, -0.2) is 0 Å². The summed E-state index contributed by atoms with van der Waals surface area (Å²) in [4.78, 5) is 27.7. The third kappa shape index (κ3) is 3.61. The number of rotatable bonds is 5. The number of fused-ring (bicyclic) bond motifs is 1. The van der Waals surface area contributed by atoms with E-state index in [9.17, 15) is 14.7 Å². The molecule has 1 saturated heterocycles. The Morgan fingerprint density at radius 1 is 1.11 bits per heavy atom. The highest BCUT2D eigenvalue weighted by molar-refractivity contribution is 5.98. The lowest BCUT2D eigenvalue weighted by atomic mass is 9.95. The van der Waals surface area contributed by atoms with E-state index in [2.05, 4.69) is 25.5 Å². The summed E-state index contributed by atoms with van der Waals surface area (Å²) in [6, 6.07) is 12.6. The van der Waals surface area contributed by atoms with Gasteiger partial charge < -0.3 is 14.9 Å². The largest absolute Gasteiger partial charge is 0.480 e. The maximum absolute atomic E-state index is 13.0. The molecule has 1 fully saturated rings. The topological polar surface area (TPSA) is 117 Å². The number of tetrazole rings is 1. The maximum atomic E-state index is 13.0. The highest BCUT2D eigenvalue weighted by Gasteiger charge is 2.30. The van der Waals surface area contributed by atoms with Crippen LogP contribution in [0.3, 0.4) is 0 Å². The zero-order valence-corrected chi connectivity index (χ0v) is 15.0. The first-order valence-electron chi connectivity index (χ1n) is 9.00. The van der Waals surface area contributed by atoms with Crippen LogP contribution in [-0.2, 0) is 9.59 Å². The lowest BCUT2D eigenvalue weighted by Gasteiger charge is -2.34. The van der Waals surface area contributed by atoms with Crippen LogP contribution < -0.4 is 9.80 Å². The number of carboxylic acids is 1. The molecule has 3 heterocycles. The average molecular weight is 381 g/mol. The van der Waals surface area contributed by atoms with E-state index >= 15 is 0 Å². The van der Waals surface area contributed by atoms with Crippen LogP contribution in [0.15, 0.2) is 42.5 Å². The first-order chi connectivity index (χ1) is 13.6. The van der Waals surface area contributed by atoms with Crippen molar-refractivity contribution in [2.75, 3.05) is 29.4 Å². The van der Waals surface area contributed by atoms with Gasteiger partial charge in [-0.05, 0) is 47.5 Å². The summed E-state index contributed by atoms with van der Waals surface area (Å²) in [6.45, 7) is 0.945. The first kappa shape index (κ1) is 17.8. The maximum Gasteiger partial charge on any atom is 0.323 e.